The number of benzene rings is 7. The fourth-order valence-corrected chi connectivity index (χ4v) is 10.0. The maximum Gasteiger partial charge on any atom is 0.164 e. The van der Waals surface area contributed by atoms with Crippen LogP contribution in [0.1, 0.15) is 31.4 Å². The van der Waals surface area contributed by atoms with E-state index >= 15 is 0 Å². The molecule has 0 N–H and O–H groups in total. The lowest BCUT2D eigenvalue weighted by atomic mass is 9.63. The predicted molar refractivity (Wildman–Crippen MR) is 244 cm³/mol. The van der Waals surface area contributed by atoms with E-state index in [1.807, 2.05) is 30.3 Å². The molecule has 3 atom stereocenters. The van der Waals surface area contributed by atoms with Gasteiger partial charge in [0.25, 0.3) is 0 Å². The monoisotopic (exact) mass is 773 g/mol. The summed E-state index contributed by atoms with van der Waals surface area (Å²) in [6.07, 6.45) is 9.88. The largest absolute Gasteiger partial charge is 0.484 e. The highest BCUT2D eigenvalue weighted by molar-refractivity contribution is 6.12. The van der Waals surface area contributed by atoms with Crippen molar-refractivity contribution in [3.63, 3.8) is 0 Å². The van der Waals surface area contributed by atoms with Gasteiger partial charge >= 0.3 is 0 Å². The molecule has 0 bridgehead atoms. The van der Waals surface area contributed by atoms with E-state index in [0.29, 0.717) is 23.4 Å². The van der Waals surface area contributed by atoms with Crippen molar-refractivity contribution in [3.05, 3.63) is 198 Å². The lowest BCUT2D eigenvalue weighted by Gasteiger charge is -2.38. The SMILES string of the molecule is CC1CC=C(c2ccccc2)C2=C1C1(C)C(c3cc(-c4nc(-c5ccc6ccccc6c5)nc(-c5cccc6oc7ccccc7c56)n4)cc4ccccc34)=CC=CC1O2. The molecule has 3 aliphatic rings. The Balaban J connectivity index is 1.08. The molecule has 0 saturated carbocycles. The van der Waals surface area contributed by atoms with Gasteiger partial charge in [0.2, 0.25) is 0 Å². The van der Waals surface area contributed by atoms with Gasteiger partial charge in [-0.2, -0.15) is 0 Å². The molecule has 9 aromatic rings. The number of ether oxygens (including phenoxy) is 1. The zero-order valence-electron chi connectivity index (χ0n) is 33.3. The molecule has 2 aromatic heterocycles. The normalized spacial score (nSPS) is 19.7. The first kappa shape index (κ1) is 34.7. The van der Waals surface area contributed by atoms with Crippen LogP contribution in [-0.4, -0.2) is 21.1 Å². The summed E-state index contributed by atoms with van der Waals surface area (Å²) in [7, 11) is 0. The van der Waals surface area contributed by atoms with Crippen molar-refractivity contribution in [2.24, 2.45) is 11.3 Å². The number of furan rings is 1. The predicted octanol–water partition coefficient (Wildman–Crippen LogP) is 13.8. The van der Waals surface area contributed by atoms with Crippen molar-refractivity contribution >= 4 is 54.6 Å². The first-order chi connectivity index (χ1) is 29.5. The molecule has 7 aromatic carbocycles. The number of hydrogen-bond donors (Lipinski definition) is 0. The van der Waals surface area contributed by atoms with E-state index in [1.54, 1.807) is 0 Å². The minimum Gasteiger partial charge on any atom is -0.484 e. The van der Waals surface area contributed by atoms with Crippen molar-refractivity contribution in [2.75, 3.05) is 0 Å². The molecule has 0 spiro atoms. The van der Waals surface area contributed by atoms with Gasteiger partial charge in [-0.1, -0.05) is 146 Å². The Hall–Kier alpha value is -7.37. The van der Waals surface area contributed by atoms with Crippen LogP contribution >= 0.6 is 0 Å². The Bertz CT molecular complexity index is 3370. The summed E-state index contributed by atoms with van der Waals surface area (Å²) >= 11 is 0. The summed E-state index contributed by atoms with van der Waals surface area (Å²) in [4.78, 5) is 15.9. The van der Waals surface area contributed by atoms with Gasteiger partial charge in [-0.25, -0.2) is 15.0 Å². The van der Waals surface area contributed by atoms with Gasteiger partial charge in [0.15, 0.2) is 17.5 Å². The standard InChI is InChI=1S/C55H39N3O2/c1-33-26-29-41(35-15-4-3-5-16-35)51-50(33)55(2)45(22-13-25-48(55)60-51)44-32-39(31-37-18-8-9-19-40(37)44)53-56-52(38-28-27-34-14-6-7-17-36(34)30-38)57-54(58-53)43-21-12-24-47-49(43)42-20-10-11-23-46(42)59-47/h3-25,27-33,48H,26H2,1-2H3. The Kier molecular flexibility index (Phi) is 7.70. The second kappa shape index (κ2) is 13.3. The van der Waals surface area contributed by atoms with E-state index in [4.69, 9.17) is 24.1 Å². The van der Waals surface area contributed by atoms with Crippen LogP contribution in [0, 0.1) is 11.3 Å². The summed E-state index contributed by atoms with van der Waals surface area (Å²) < 4.78 is 13.4. The molecule has 60 heavy (non-hydrogen) atoms. The molecule has 1 aliphatic heterocycles. The zero-order valence-corrected chi connectivity index (χ0v) is 33.3. The van der Waals surface area contributed by atoms with Crippen LogP contribution in [0.4, 0.5) is 0 Å². The minimum absolute atomic E-state index is 0.147. The highest BCUT2D eigenvalue weighted by atomic mass is 16.5. The summed E-state index contributed by atoms with van der Waals surface area (Å²) in [6.45, 7) is 4.73. The van der Waals surface area contributed by atoms with E-state index in [9.17, 15) is 0 Å². The van der Waals surface area contributed by atoms with Crippen LogP contribution in [0.5, 0.6) is 0 Å². The smallest absolute Gasteiger partial charge is 0.164 e. The third-order valence-electron chi connectivity index (χ3n) is 12.9. The van der Waals surface area contributed by atoms with Crippen molar-refractivity contribution in [1.82, 2.24) is 15.0 Å². The summed E-state index contributed by atoms with van der Waals surface area (Å²) in [5, 5.41) is 6.61. The lowest BCUT2D eigenvalue weighted by molar-refractivity contribution is 0.142. The maximum atomic E-state index is 7.05. The Labute approximate surface area is 347 Å². The summed E-state index contributed by atoms with van der Waals surface area (Å²) in [6, 6.07) is 53.0. The van der Waals surface area contributed by atoms with Gasteiger partial charge < -0.3 is 9.15 Å². The van der Waals surface area contributed by atoms with Crippen molar-refractivity contribution in [3.8, 4) is 34.2 Å². The second-order valence-corrected chi connectivity index (χ2v) is 16.5. The van der Waals surface area contributed by atoms with E-state index < -0.39 is 5.41 Å². The molecule has 2 aliphatic carbocycles. The Morgan fingerprint density at radius 3 is 2.15 bits per heavy atom. The van der Waals surface area contributed by atoms with Crippen LogP contribution < -0.4 is 0 Å². The number of para-hydroxylation sites is 1. The second-order valence-electron chi connectivity index (χ2n) is 16.5. The van der Waals surface area contributed by atoms with Crippen LogP contribution in [0.25, 0.3) is 88.8 Å². The number of nitrogens with zero attached hydrogens (tertiary/aromatic N) is 3. The van der Waals surface area contributed by atoms with Gasteiger partial charge in [0.05, 0.1) is 5.41 Å². The third kappa shape index (κ3) is 5.28. The first-order valence-electron chi connectivity index (χ1n) is 20.8. The van der Waals surface area contributed by atoms with E-state index in [-0.39, 0.29) is 6.10 Å². The number of fused-ring (bicyclic) bond motifs is 7. The molecule has 0 saturated heterocycles. The van der Waals surface area contributed by atoms with Crippen molar-refractivity contribution in [2.45, 2.75) is 26.4 Å². The van der Waals surface area contributed by atoms with Gasteiger partial charge in [-0.3, -0.25) is 0 Å². The molecule has 12 rings (SSSR count). The highest BCUT2D eigenvalue weighted by Gasteiger charge is 2.53. The van der Waals surface area contributed by atoms with E-state index in [1.165, 1.54) is 33.1 Å². The summed E-state index contributed by atoms with van der Waals surface area (Å²) in [5.41, 5.74) is 10.1. The molecule has 0 radical (unpaired) electrons. The van der Waals surface area contributed by atoms with Gasteiger partial charge in [-0.15, -0.1) is 0 Å². The van der Waals surface area contributed by atoms with Crippen LogP contribution in [0.3, 0.4) is 0 Å². The van der Waals surface area contributed by atoms with Crippen molar-refractivity contribution < 1.29 is 9.15 Å². The van der Waals surface area contributed by atoms with Crippen LogP contribution in [0.15, 0.2) is 192 Å². The fraction of sp³-hybridized carbons (Fsp3) is 0.109. The van der Waals surface area contributed by atoms with Gasteiger partial charge in [-0.05, 0) is 99.5 Å². The van der Waals surface area contributed by atoms with Crippen molar-refractivity contribution in [1.29, 1.82) is 0 Å². The van der Waals surface area contributed by atoms with E-state index in [0.717, 1.165) is 67.1 Å². The lowest BCUT2D eigenvalue weighted by Crippen LogP contribution is -2.34. The average Bonchev–Trinajstić information content (AvgIpc) is 3.84. The van der Waals surface area contributed by atoms with Crippen LogP contribution in [-0.2, 0) is 4.74 Å². The fourth-order valence-electron chi connectivity index (χ4n) is 10.0. The van der Waals surface area contributed by atoms with Gasteiger partial charge in [0, 0.05) is 33.0 Å². The third-order valence-corrected chi connectivity index (χ3v) is 12.9. The number of allylic oxidation sites excluding steroid dienone is 4. The quantitative estimate of drug-likeness (QED) is 0.174. The van der Waals surface area contributed by atoms with Gasteiger partial charge in [0.1, 0.15) is 23.0 Å². The van der Waals surface area contributed by atoms with Crippen LogP contribution in [0.2, 0.25) is 0 Å². The number of rotatable bonds is 5. The molecular weight excluding hydrogens is 735 g/mol. The molecule has 0 amide bonds. The van der Waals surface area contributed by atoms with E-state index in [2.05, 4.69) is 159 Å². The average molecular weight is 774 g/mol. The number of aromatic nitrogens is 3. The molecular formula is C55H39N3O2. The topological polar surface area (TPSA) is 61.0 Å². The molecule has 5 heteroatoms. The molecule has 5 nitrogen and oxygen atoms in total. The molecule has 0 fully saturated rings. The zero-order chi connectivity index (χ0) is 40.0. The summed E-state index contributed by atoms with van der Waals surface area (Å²) in [5.74, 6) is 3.15. The number of hydrogen-bond acceptors (Lipinski definition) is 5. The molecule has 3 unspecified atom stereocenters. The Morgan fingerprint density at radius 1 is 0.583 bits per heavy atom. The first-order valence-corrected chi connectivity index (χ1v) is 20.8. The molecule has 286 valence electrons. The maximum absolute atomic E-state index is 7.05. The Morgan fingerprint density at radius 2 is 1.28 bits per heavy atom. The highest BCUT2D eigenvalue weighted by Crippen LogP contribution is 2.60. The molecule has 3 heterocycles. The minimum atomic E-state index is -0.405.